The van der Waals surface area contributed by atoms with Crippen LogP contribution < -0.4 is 5.32 Å². The summed E-state index contributed by atoms with van der Waals surface area (Å²) in [5.74, 6) is 0. The second-order valence-electron chi connectivity index (χ2n) is 4.72. The lowest BCUT2D eigenvalue weighted by molar-refractivity contribution is 0.262. The summed E-state index contributed by atoms with van der Waals surface area (Å²) in [5, 5.41) is 4.35. The van der Waals surface area contributed by atoms with Crippen LogP contribution in [0.25, 0.3) is 6.08 Å². The van der Waals surface area contributed by atoms with Gasteiger partial charge in [0, 0.05) is 32.7 Å². The molecule has 2 heteroatoms. The Balaban J connectivity index is 1.88. The summed E-state index contributed by atoms with van der Waals surface area (Å²) in [6.07, 6.45) is 4.48. The van der Waals surface area contributed by atoms with E-state index in [1.165, 1.54) is 16.7 Å². The van der Waals surface area contributed by atoms with Crippen LogP contribution in [0.15, 0.2) is 24.3 Å². The van der Waals surface area contributed by atoms with Crippen molar-refractivity contribution in [3.8, 4) is 0 Å². The molecule has 2 nitrogen and oxygen atoms in total. The Hall–Kier alpha value is -1.12. The quantitative estimate of drug-likeness (QED) is 0.777. The highest BCUT2D eigenvalue weighted by molar-refractivity contribution is 5.51. The summed E-state index contributed by atoms with van der Waals surface area (Å²) < 4.78 is 0. The van der Waals surface area contributed by atoms with Crippen LogP contribution in [0, 0.1) is 13.8 Å². The minimum atomic E-state index is 0.997. The minimum Gasteiger partial charge on any atom is -0.297 e. The van der Waals surface area contributed by atoms with E-state index in [1.807, 2.05) is 0 Å². The lowest BCUT2D eigenvalue weighted by Crippen LogP contribution is -2.40. The molecule has 1 aliphatic rings. The van der Waals surface area contributed by atoms with E-state index in [2.05, 4.69) is 54.4 Å². The lowest BCUT2D eigenvalue weighted by atomic mass is 10.1. The van der Waals surface area contributed by atoms with E-state index in [4.69, 9.17) is 0 Å². The fourth-order valence-corrected chi connectivity index (χ4v) is 2.04. The fourth-order valence-electron chi connectivity index (χ4n) is 2.04. The molecular weight excluding hydrogens is 208 g/mol. The Labute approximate surface area is 104 Å². The van der Waals surface area contributed by atoms with Gasteiger partial charge in [0.1, 0.15) is 0 Å². The van der Waals surface area contributed by atoms with E-state index in [-0.39, 0.29) is 0 Å². The van der Waals surface area contributed by atoms with Gasteiger partial charge in [0.05, 0.1) is 0 Å². The molecule has 1 aromatic carbocycles. The van der Waals surface area contributed by atoms with Gasteiger partial charge in [-0.2, -0.15) is 0 Å². The largest absolute Gasteiger partial charge is 0.297 e. The van der Waals surface area contributed by atoms with Crippen molar-refractivity contribution in [3.05, 3.63) is 41.0 Å². The maximum absolute atomic E-state index is 4.35. The number of benzene rings is 1. The van der Waals surface area contributed by atoms with Gasteiger partial charge >= 0.3 is 0 Å². The highest BCUT2D eigenvalue weighted by atomic mass is 15.2. The molecule has 17 heavy (non-hydrogen) atoms. The second-order valence-corrected chi connectivity index (χ2v) is 4.72. The molecule has 0 N–H and O–H groups in total. The average molecular weight is 229 g/mol. The number of rotatable bonds is 3. The Morgan fingerprint density at radius 1 is 1.18 bits per heavy atom. The molecule has 1 aromatic rings. The fraction of sp³-hybridized carbons (Fsp3) is 0.467. The predicted molar refractivity (Wildman–Crippen MR) is 73.3 cm³/mol. The topological polar surface area (TPSA) is 17.3 Å². The summed E-state index contributed by atoms with van der Waals surface area (Å²) >= 11 is 0. The third-order valence-electron chi connectivity index (χ3n) is 3.35. The minimum absolute atomic E-state index is 0.997. The monoisotopic (exact) mass is 229 g/mol. The number of hydrogen-bond donors (Lipinski definition) is 0. The molecule has 0 aliphatic carbocycles. The van der Waals surface area contributed by atoms with Crippen molar-refractivity contribution in [1.82, 2.24) is 10.2 Å². The Morgan fingerprint density at radius 3 is 2.65 bits per heavy atom. The van der Waals surface area contributed by atoms with Crippen LogP contribution in [0.5, 0.6) is 0 Å². The number of piperazine rings is 1. The summed E-state index contributed by atoms with van der Waals surface area (Å²) in [6.45, 7) is 9.57. The van der Waals surface area contributed by atoms with Gasteiger partial charge in [-0.05, 0) is 30.5 Å². The van der Waals surface area contributed by atoms with Gasteiger partial charge in [0.2, 0.25) is 0 Å². The summed E-state index contributed by atoms with van der Waals surface area (Å²) in [4.78, 5) is 2.45. The van der Waals surface area contributed by atoms with Gasteiger partial charge in [0.15, 0.2) is 0 Å². The van der Waals surface area contributed by atoms with Crippen LogP contribution in [0.4, 0.5) is 0 Å². The highest BCUT2D eigenvalue weighted by Crippen LogP contribution is 2.11. The normalized spacial score (nSPS) is 17.8. The molecule has 0 atom stereocenters. The average Bonchev–Trinajstić information content (AvgIpc) is 2.35. The lowest BCUT2D eigenvalue weighted by Gasteiger charge is -2.24. The first-order chi connectivity index (χ1) is 8.25. The van der Waals surface area contributed by atoms with Crippen LogP contribution in [-0.4, -0.2) is 37.6 Å². The van der Waals surface area contributed by atoms with E-state index < -0.39 is 0 Å². The summed E-state index contributed by atoms with van der Waals surface area (Å²) in [5.41, 5.74) is 4.03. The van der Waals surface area contributed by atoms with Crippen molar-refractivity contribution in [2.24, 2.45) is 0 Å². The second kappa shape index (κ2) is 5.99. The Bertz CT molecular complexity index is 390. The van der Waals surface area contributed by atoms with E-state index in [0.717, 1.165) is 32.7 Å². The van der Waals surface area contributed by atoms with Crippen molar-refractivity contribution in [2.75, 3.05) is 32.7 Å². The van der Waals surface area contributed by atoms with Crippen molar-refractivity contribution < 1.29 is 0 Å². The van der Waals surface area contributed by atoms with Crippen molar-refractivity contribution in [2.45, 2.75) is 13.8 Å². The molecule has 1 fully saturated rings. The maximum Gasteiger partial charge on any atom is 0.0261 e. The van der Waals surface area contributed by atoms with E-state index >= 15 is 0 Å². The van der Waals surface area contributed by atoms with Crippen LogP contribution in [0.1, 0.15) is 16.7 Å². The zero-order valence-corrected chi connectivity index (χ0v) is 10.8. The van der Waals surface area contributed by atoms with Crippen molar-refractivity contribution in [3.63, 3.8) is 0 Å². The van der Waals surface area contributed by atoms with Crippen LogP contribution in [0.3, 0.4) is 0 Å². The molecule has 91 valence electrons. The SMILES string of the molecule is Cc1ccc(C=CCN2CC[N]CC2)cc1C. The zero-order chi connectivity index (χ0) is 12.1. The number of hydrogen-bond acceptors (Lipinski definition) is 1. The van der Waals surface area contributed by atoms with Crippen LogP contribution >= 0.6 is 0 Å². The smallest absolute Gasteiger partial charge is 0.0261 e. The highest BCUT2D eigenvalue weighted by Gasteiger charge is 2.07. The Morgan fingerprint density at radius 2 is 1.94 bits per heavy atom. The Kier molecular flexibility index (Phi) is 4.35. The number of nitrogens with zero attached hydrogens (tertiary/aromatic N) is 2. The molecule has 2 rings (SSSR count). The molecule has 0 spiro atoms. The standard InChI is InChI=1S/C15H21N2/c1-13-5-6-15(12-14(13)2)4-3-9-17-10-7-16-8-11-17/h3-6,12H,7-11H2,1-2H3. The molecule has 0 saturated carbocycles. The van der Waals surface area contributed by atoms with Crippen LogP contribution in [-0.2, 0) is 0 Å². The maximum atomic E-state index is 4.35. The first-order valence-electron chi connectivity index (χ1n) is 6.35. The summed E-state index contributed by atoms with van der Waals surface area (Å²) in [6, 6.07) is 6.62. The van der Waals surface area contributed by atoms with Gasteiger partial charge in [-0.15, -0.1) is 0 Å². The van der Waals surface area contributed by atoms with Crippen molar-refractivity contribution in [1.29, 1.82) is 0 Å². The van der Waals surface area contributed by atoms with Gasteiger partial charge in [0.25, 0.3) is 0 Å². The van der Waals surface area contributed by atoms with Gasteiger partial charge in [-0.3, -0.25) is 4.90 Å². The number of aryl methyl sites for hydroxylation is 2. The molecule has 0 unspecified atom stereocenters. The van der Waals surface area contributed by atoms with Crippen LogP contribution in [0.2, 0.25) is 0 Å². The third kappa shape index (κ3) is 3.69. The van der Waals surface area contributed by atoms with Gasteiger partial charge in [-0.1, -0.05) is 30.4 Å². The third-order valence-corrected chi connectivity index (χ3v) is 3.35. The predicted octanol–water partition coefficient (Wildman–Crippen LogP) is 2.24. The van der Waals surface area contributed by atoms with E-state index in [0.29, 0.717) is 0 Å². The molecule has 1 heterocycles. The first kappa shape index (κ1) is 12.3. The molecule has 1 saturated heterocycles. The van der Waals surface area contributed by atoms with Gasteiger partial charge in [-0.25, -0.2) is 5.32 Å². The van der Waals surface area contributed by atoms with Crippen molar-refractivity contribution >= 4 is 6.08 Å². The molecule has 0 amide bonds. The molecule has 0 aromatic heterocycles. The van der Waals surface area contributed by atoms with Gasteiger partial charge < -0.3 is 0 Å². The molecule has 0 bridgehead atoms. The van der Waals surface area contributed by atoms with E-state index in [9.17, 15) is 0 Å². The first-order valence-corrected chi connectivity index (χ1v) is 6.35. The van der Waals surface area contributed by atoms with E-state index in [1.54, 1.807) is 0 Å². The molecule has 1 radical (unpaired) electrons. The summed E-state index contributed by atoms with van der Waals surface area (Å²) in [7, 11) is 0. The zero-order valence-electron chi connectivity index (χ0n) is 10.8. The molecular formula is C15H21N2. The molecule has 1 aliphatic heterocycles.